The summed E-state index contributed by atoms with van der Waals surface area (Å²) in [5, 5.41) is 6.13. The van der Waals surface area contributed by atoms with Crippen molar-refractivity contribution in [2.45, 2.75) is 0 Å². The second-order valence-electron chi connectivity index (χ2n) is 3.81. The van der Waals surface area contributed by atoms with Gasteiger partial charge in [-0.25, -0.2) is 0 Å². The lowest BCUT2D eigenvalue weighted by Crippen LogP contribution is -2.14. The Labute approximate surface area is 92.9 Å². The van der Waals surface area contributed by atoms with Crippen LogP contribution in [-0.4, -0.2) is 10.5 Å². The molecule has 16 heavy (non-hydrogen) atoms. The highest BCUT2D eigenvalue weighted by atomic mass is 16.2. The van der Waals surface area contributed by atoms with E-state index in [4.69, 9.17) is 0 Å². The Morgan fingerprint density at radius 1 is 1.00 bits per heavy atom. The Kier molecular flexibility index (Phi) is 1.77. The summed E-state index contributed by atoms with van der Waals surface area (Å²) in [6.45, 7) is 0. The van der Waals surface area contributed by atoms with Gasteiger partial charge < -0.3 is 15.2 Å². The van der Waals surface area contributed by atoms with Gasteiger partial charge in [-0.2, -0.15) is 0 Å². The Bertz CT molecular complexity index is 571. The summed E-state index contributed by atoms with van der Waals surface area (Å²) < 4.78 is 1.81. The van der Waals surface area contributed by atoms with Crippen molar-refractivity contribution >= 4 is 23.0 Å². The lowest BCUT2D eigenvalue weighted by atomic mass is 10.2. The molecule has 0 saturated carbocycles. The molecule has 1 aliphatic heterocycles. The van der Waals surface area contributed by atoms with Crippen molar-refractivity contribution in [3.05, 3.63) is 42.2 Å². The number of para-hydroxylation sites is 2. The van der Waals surface area contributed by atoms with Crippen LogP contribution in [-0.2, 0) is 7.05 Å². The number of rotatable bonds is 0. The molecular weight excluding hydrogens is 202 g/mol. The number of carbonyl (C=O) groups excluding carboxylic acids is 1. The number of benzene rings is 1. The summed E-state index contributed by atoms with van der Waals surface area (Å²) >= 11 is 0. The van der Waals surface area contributed by atoms with Gasteiger partial charge in [-0.3, -0.25) is 4.79 Å². The van der Waals surface area contributed by atoms with E-state index in [-0.39, 0.29) is 5.91 Å². The third-order valence-electron chi connectivity index (χ3n) is 2.73. The third-order valence-corrected chi connectivity index (χ3v) is 2.73. The SMILES string of the molecule is Cn1ccc2c1C(=O)Nc1ccccc1N2. The molecule has 4 nitrogen and oxygen atoms in total. The van der Waals surface area contributed by atoms with E-state index < -0.39 is 0 Å². The molecule has 0 radical (unpaired) electrons. The highest BCUT2D eigenvalue weighted by molar-refractivity contribution is 6.11. The molecule has 1 aliphatic rings. The minimum absolute atomic E-state index is 0.0834. The molecule has 4 heteroatoms. The van der Waals surface area contributed by atoms with Crippen LogP contribution in [0.15, 0.2) is 36.5 Å². The predicted octanol–water partition coefficient (Wildman–Crippen LogP) is 2.33. The molecule has 0 bridgehead atoms. The van der Waals surface area contributed by atoms with Crippen molar-refractivity contribution in [1.82, 2.24) is 4.57 Å². The van der Waals surface area contributed by atoms with Crippen LogP contribution in [0.5, 0.6) is 0 Å². The monoisotopic (exact) mass is 213 g/mol. The number of hydrogen-bond acceptors (Lipinski definition) is 2. The zero-order valence-corrected chi connectivity index (χ0v) is 8.82. The minimum Gasteiger partial charge on any atom is -0.352 e. The Hall–Kier alpha value is -2.23. The van der Waals surface area contributed by atoms with Gasteiger partial charge in [-0.1, -0.05) is 12.1 Å². The van der Waals surface area contributed by atoms with E-state index in [0.29, 0.717) is 5.69 Å². The van der Waals surface area contributed by atoms with Gasteiger partial charge in [-0.05, 0) is 18.2 Å². The van der Waals surface area contributed by atoms with Crippen molar-refractivity contribution in [2.75, 3.05) is 10.6 Å². The van der Waals surface area contributed by atoms with E-state index in [1.54, 1.807) is 0 Å². The fraction of sp³-hybridized carbons (Fsp3) is 0.0833. The smallest absolute Gasteiger partial charge is 0.274 e. The number of amides is 1. The summed E-state index contributed by atoms with van der Waals surface area (Å²) in [6, 6.07) is 9.56. The van der Waals surface area contributed by atoms with Gasteiger partial charge in [0.2, 0.25) is 0 Å². The lowest BCUT2D eigenvalue weighted by Gasteiger charge is -2.06. The molecule has 1 aromatic heterocycles. The maximum atomic E-state index is 12.0. The predicted molar refractivity (Wildman–Crippen MR) is 63.1 cm³/mol. The van der Waals surface area contributed by atoms with Crippen LogP contribution in [0.25, 0.3) is 0 Å². The number of aryl methyl sites for hydroxylation is 1. The zero-order valence-electron chi connectivity index (χ0n) is 8.82. The molecule has 0 atom stereocenters. The molecule has 0 aliphatic carbocycles. The van der Waals surface area contributed by atoms with E-state index in [9.17, 15) is 4.79 Å². The van der Waals surface area contributed by atoms with Gasteiger partial charge in [0.15, 0.2) is 0 Å². The van der Waals surface area contributed by atoms with Crippen LogP contribution in [0.3, 0.4) is 0 Å². The van der Waals surface area contributed by atoms with Gasteiger partial charge in [0.05, 0.1) is 17.1 Å². The largest absolute Gasteiger partial charge is 0.352 e. The highest BCUT2D eigenvalue weighted by Crippen LogP contribution is 2.31. The average molecular weight is 213 g/mol. The second-order valence-corrected chi connectivity index (χ2v) is 3.81. The number of hydrogen-bond donors (Lipinski definition) is 2. The Morgan fingerprint density at radius 3 is 2.44 bits per heavy atom. The molecule has 2 aromatic rings. The number of nitrogens with one attached hydrogen (secondary N) is 2. The molecule has 0 fully saturated rings. The maximum absolute atomic E-state index is 12.0. The van der Waals surface area contributed by atoms with Crippen LogP contribution in [0.2, 0.25) is 0 Å². The molecule has 80 valence electrons. The van der Waals surface area contributed by atoms with Crippen LogP contribution in [0.1, 0.15) is 10.5 Å². The first kappa shape index (κ1) is 9.03. The topological polar surface area (TPSA) is 46.1 Å². The molecular formula is C12H11N3O. The highest BCUT2D eigenvalue weighted by Gasteiger charge is 2.20. The van der Waals surface area contributed by atoms with Crippen LogP contribution >= 0.6 is 0 Å². The average Bonchev–Trinajstić information content (AvgIpc) is 2.56. The van der Waals surface area contributed by atoms with Gasteiger partial charge in [-0.15, -0.1) is 0 Å². The van der Waals surface area contributed by atoms with Gasteiger partial charge >= 0.3 is 0 Å². The number of nitrogens with zero attached hydrogens (tertiary/aromatic N) is 1. The normalized spacial score (nSPS) is 13.2. The van der Waals surface area contributed by atoms with Crippen molar-refractivity contribution in [2.24, 2.45) is 7.05 Å². The summed E-state index contributed by atoms with van der Waals surface area (Å²) in [5.41, 5.74) is 3.21. The third kappa shape index (κ3) is 1.20. The van der Waals surface area contributed by atoms with Crippen molar-refractivity contribution in [3.63, 3.8) is 0 Å². The van der Waals surface area contributed by atoms with E-state index in [2.05, 4.69) is 10.6 Å². The first-order valence-electron chi connectivity index (χ1n) is 5.08. The quantitative estimate of drug-likeness (QED) is 0.705. The van der Waals surface area contributed by atoms with Gasteiger partial charge in [0.1, 0.15) is 5.69 Å². The molecule has 2 heterocycles. The van der Waals surface area contributed by atoms with Crippen molar-refractivity contribution in [3.8, 4) is 0 Å². The Balaban J connectivity index is 2.19. The first-order chi connectivity index (χ1) is 7.75. The number of aromatic nitrogens is 1. The summed E-state index contributed by atoms with van der Waals surface area (Å²) in [6.07, 6.45) is 1.87. The van der Waals surface area contributed by atoms with Crippen molar-refractivity contribution < 1.29 is 4.79 Å². The van der Waals surface area contributed by atoms with Crippen molar-refractivity contribution in [1.29, 1.82) is 0 Å². The van der Waals surface area contributed by atoms with E-state index in [1.807, 2.05) is 48.1 Å². The van der Waals surface area contributed by atoms with E-state index in [1.165, 1.54) is 0 Å². The van der Waals surface area contributed by atoms with E-state index >= 15 is 0 Å². The zero-order chi connectivity index (χ0) is 11.1. The molecule has 1 aromatic carbocycles. The van der Waals surface area contributed by atoms with Gasteiger partial charge in [0, 0.05) is 13.2 Å². The number of anilines is 3. The second kappa shape index (κ2) is 3.13. The molecule has 0 spiro atoms. The van der Waals surface area contributed by atoms with E-state index in [0.717, 1.165) is 17.1 Å². The fourth-order valence-corrected chi connectivity index (χ4v) is 1.94. The van der Waals surface area contributed by atoms with Crippen LogP contribution < -0.4 is 10.6 Å². The van der Waals surface area contributed by atoms with Gasteiger partial charge in [0.25, 0.3) is 5.91 Å². The van der Waals surface area contributed by atoms with Crippen LogP contribution in [0.4, 0.5) is 17.1 Å². The standard InChI is InChI=1S/C12H11N3O/c1-15-7-6-10-11(15)12(16)14-9-5-3-2-4-8(9)13-10/h2-7,13H,1H3,(H,14,16). The Morgan fingerprint density at radius 2 is 1.69 bits per heavy atom. The lowest BCUT2D eigenvalue weighted by molar-refractivity contribution is 0.102. The maximum Gasteiger partial charge on any atom is 0.274 e. The summed E-state index contributed by atoms with van der Waals surface area (Å²) in [4.78, 5) is 12.0. The first-order valence-corrected chi connectivity index (χ1v) is 5.08. The molecule has 2 N–H and O–H groups in total. The number of fused-ring (bicyclic) bond motifs is 2. The molecule has 0 unspecified atom stereocenters. The molecule has 1 amide bonds. The molecule has 3 rings (SSSR count). The number of carbonyl (C=O) groups is 1. The van der Waals surface area contributed by atoms with Crippen LogP contribution in [0, 0.1) is 0 Å². The summed E-state index contributed by atoms with van der Waals surface area (Å²) in [7, 11) is 1.86. The summed E-state index contributed by atoms with van der Waals surface area (Å²) in [5.74, 6) is -0.0834. The molecule has 0 saturated heterocycles. The fourth-order valence-electron chi connectivity index (χ4n) is 1.94. The minimum atomic E-state index is -0.0834.